The van der Waals surface area contributed by atoms with E-state index in [9.17, 15) is 8.78 Å². The van der Waals surface area contributed by atoms with Crippen LogP contribution in [0.25, 0.3) is 16.6 Å². The summed E-state index contributed by atoms with van der Waals surface area (Å²) in [5, 5.41) is 10.6. The third-order valence-electron chi connectivity index (χ3n) is 6.82. The number of aryl methyl sites for hydroxylation is 1. The molecule has 6 rings (SSSR count). The van der Waals surface area contributed by atoms with Gasteiger partial charge in [-0.1, -0.05) is 6.07 Å². The highest BCUT2D eigenvalue weighted by atomic mass is 19.3. The quantitative estimate of drug-likeness (QED) is 0.320. The van der Waals surface area contributed by atoms with Crippen LogP contribution in [0, 0.1) is 6.92 Å². The number of piperidine rings is 1. The van der Waals surface area contributed by atoms with Gasteiger partial charge in [0.2, 0.25) is 0 Å². The normalized spacial score (nSPS) is 16.9. The molecule has 0 bridgehead atoms. The summed E-state index contributed by atoms with van der Waals surface area (Å²) in [5.41, 5.74) is 5.09. The second kappa shape index (κ2) is 10.0. The van der Waals surface area contributed by atoms with Crippen LogP contribution in [0.3, 0.4) is 0 Å². The number of fused-ring (bicyclic) bond motifs is 2. The van der Waals surface area contributed by atoms with Crippen LogP contribution in [0.2, 0.25) is 0 Å². The molecule has 1 aliphatic rings. The highest BCUT2D eigenvalue weighted by Gasteiger charge is 2.44. The molecule has 1 atom stereocenters. The van der Waals surface area contributed by atoms with Gasteiger partial charge >= 0.3 is 0 Å². The van der Waals surface area contributed by atoms with E-state index in [1.807, 2.05) is 31.2 Å². The van der Waals surface area contributed by atoms with E-state index in [1.165, 1.54) is 19.8 Å². The highest BCUT2D eigenvalue weighted by Crippen LogP contribution is 2.41. The molecule has 0 saturated carbocycles. The Labute approximate surface area is 222 Å². The maximum absolute atomic E-state index is 14.6. The molecule has 0 amide bonds. The first kappa shape index (κ1) is 24.9. The number of methoxy groups -OCH3 is 1. The molecule has 12 heteroatoms. The Morgan fingerprint density at radius 2 is 2.00 bits per heavy atom. The van der Waals surface area contributed by atoms with Crippen molar-refractivity contribution in [3.05, 3.63) is 72.2 Å². The molecule has 10 nitrogen and oxygen atoms in total. The molecular weight excluding hydrogens is 506 g/mol. The molecule has 1 saturated heterocycles. The molecule has 0 aliphatic carbocycles. The van der Waals surface area contributed by atoms with Crippen LogP contribution >= 0.6 is 0 Å². The van der Waals surface area contributed by atoms with Crippen LogP contribution in [0.1, 0.15) is 23.2 Å². The van der Waals surface area contributed by atoms with Gasteiger partial charge in [-0.15, -0.1) is 0 Å². The molecule has 2 aromatic carbocycles. The predicted octanol–water partition coefficient (Wildman–Crippen LogP) is 4.09. The molecule has 0 spiro atoms. The van der Waals surface area contributed by atoms with E-state index in [-0.39, 0.29) is 12.2 Å². The van der Waals surface area contributed by atoms with Crippen molar-refractivity contribution in [2.45, 2.75) is 31.8 Å². The number of benzene rings is 2. The van der Waals surface area contributed by atoms with Gasteiger partial charge in [-0.3, -0.25) is 0 Å². The van der Waals surface area contributed by atoms with E-state index in [4.69, 9.17) is 9.47 Å². The number of nitrogens with zero attached hydrogens (tertiary/aromatic N) is 6. The summed E-state index contributed by atoms with van der Waals surface area (Å²) in [6.07, 6.45) is 4.05. The third kappa shape index (κ3) is 4.90. The smallest absolute Gasteiger partial charge is 0.296 e. The lowest BCUT2D eigenvalue weighted by molar-refractivity contribution is -0.108. The number of ether oxygens (including phenoxy) is 2. The summed E-state index contributed by atoms with van der Waals surface area (Å²) < 4.78 is 42.4. The summed E-state index contributed by atoms with van der Waals surface area (Å²) in [6.45, 7) is 2.01. The van der Waals surface area contributed by atoms with E-state index >= 15 is 0 Å². The minimum absolute atomic E-state index is 0.155. The second-order valence-electron chi connectivity index (χ2n) is 9.43. The number of alkyl halides is 2. The summed E-state index contributed by atoms with van der Waals surface area (Å²) in [6, 6.07) is 11.3. The lowest BCUT2D eigenvalue weighted by atomic mass is 10.0. The Bertz CT molecular complexity index is 1660. The van der Waals surface area contributed by atoms with Crippen LogP contribution in [0.5, 0.6) is 11.5 Å². The highest BCUT2D eigenvalue weighted by molar-refractivity contribution is 5.97. The Hall–Kier alpha value is -4.45. The minimum atomic E-state index is -3.03. The Morgan fingerprint density at radius 3 is 2.82 bits per heavy atom. The van der Waals surface area contributed by atoms with Crippen molar-refractivity contribution in [1.29, 1.82) is 0 Å². The topological polar surface area (TPSA) is 111 Å². The molecule has 1 fully saturated rings. The van der Waals surface area contributed by atoms with Crippen molar-refractivity contribution in [3.8, 4) is 11.5 Å². The van der Waals surface area contributed by atoms with E-state index in [2.05, 4.69) is 35.7 Å². The second-order valence-corrected chi connectivity index (χ2v) is 9.43. The van der Waals surface area contributed by atoms with Crippen molar-refractivity contribution in [2.75, 3.05) is 25.5 Å². The summed E-state index contributed by atoms with van der Waals surface area (Å²) >= 11 is 0. The number of hydrogen-bond donors (Lipinski definition) is 2. The Balaban J connectivity index is 1.31. The van der Waals surface area contributed by atoms with Gasteiger partial charge < -0.3 is 20.1 Å². The Morgan fingerprint density at radius 1 is 1.10 bits per heavy atom. The van der Waals surface area contributed by atoms with Gasteiger partial charge in [-0.2, -0.15) is 5.10 Å². The lowest BCUT2D eigenvalue weighted by Gasteiger charge is -2.32. The zero-order chi connectivity index (χ0) is 27.0. The fourth-order valence-electron chi connectivity index (χ4n) is 4.74. The minimum Gasteiger partial charge on any atom is -0.493 e. The molecule has 39 heavy (non-hydrogen) atoms. The van der Waals surface area contributed by atoms with Crippen LogP contribution < -0.4 is 20.1 Å². The van der Waals surface area contributed by atoms with Gasteiger partial charge in [0.25, 0.3) is 5.92 Å². The van der Waals surface area contributed by atoms with E-state index in [0.29, 0.717) is 35.4 Å². The first-order chi connectivity index (χ1) is 18.9. The number of anilines is 2. The predicted molar refractivity (Wildman–Crippen MR) is 141 cm³/mol. The van der Waals surface area contributed by atoms with Gasteiger partial charge in [0.1, 0.15) is 24.8 Å². The third-order valence-corrected chi connectivity index (χ3v) is 6.82. The molecule has 200 valence electrons. The molecule has 0 radical (unpaired) electrons. The SMILES string of the molecule is COc1ccc2ncnc(Nc3ccc(Cc4cc5ncnn5cn4)c(C)c3)c2c1OC1CCNCC1(F)F. The standard InChI is InChI=1S/C27H26F2N8O2/c1-16-9-18(4-3-17(16)10-19-11-23-32-14-35-37(23)15-34-19)36-26-24-20(31-13-33-26)5-6-21(38-2)25(24)39-22-7-8-30-12-27(22,28)29/h3-6,9,11,13-15,22,30H,7-8,10,12H2,1-2H3,(H,31,33,36). The number of nitrogens with one attached hydrogen (secondary N) is 2. The molecule has 1 aliphatic heterocycles. The number of aromatic nitrogens is 6. The summed E-state index contributed by atoms with van der Waals surface area (Å²) in [4.78, 5) is 17.5. The molecular formula is C27H26F2N8O2. The van der Waals surface area contributed by atoms with Gasteiger partial charge in [0.15, 0.2) is 23.3 Å². The Kier molecular flexibility index (Phi) is 6.39. The van der Waals surface area contributed by atoms with Crippen molar-refractivity contribution in [2.24, 2.45) is 0 Å². The fourth-order valence-corrected chi connectivity index (χ4v) is 4.74. The fraction of sp³-hybridized carbons (Fsp3) is 0.296. The number of hydrogen-bond acceptors (Lipinski definition) is 9. The maximum atomic E-state index is 14.6. The molecule has 5 aromatic rings. The van der Waals surface area contributed by atoms with Crippen LogP contribution in [-0.4, -0.2) is 61.8 Å². The van der Waals surface area contributed by atoms with Gasteiger partial charge in [-0.25, -0.2) is 33.2 Å². The van der Waals surface area contributed by atoms with Crippen molar-refractivity contribution < 1.29 is 18.3 Å². The van der Waals surface area contributed by atoms with Crippen molar-refractivity contribution in [1.82, 2.24) is 34.9 Å². The van der Waals surface area contributed by atoms with Gasteiger partial charge in [-0.05, 0) is 48.9 Å². The molecule has 2 N–H and O–H groups in total. The first-order valence-corrected chi connectivity index (χ1v) is 12.5. The average molecular weight is 533 g/mol. The molecule has 1 unspecified atom stereocenters. The van der Waals surface area contributed by atoms with Crippen LogP contribution in [0.15, 0.2) is 55.4 Å². The van der Waals surface area contributed by atoms with Gasteiger partial charge in [0.05, 0.1) is 30.3 Å². The first-order valence-electron chi connectivity index (χ1n) is 12.5. The number of halogens is 2. The van der Waals surface area contributed by atoms with E-state index in [0.717, 1.165) is 28.2 Å². The van der Waals surface area contributed by atoms with Gasteiger partial charge in [0, 0.05) is 24.6 Å². The summed E-state index contributed by atoms with van der Waals surface area (Å²) in [7, 11) is 1.48. The monoisotopic (exact) mass is 532 g/mol. The van der Waals surface area contributed by atoms with Crippen LogP contribution in [-0.2, 0) is 6.42 Å². The molecule has 4 heterocycles. The van der Waals surface area contributed by atoms with Crippen LogP contribution in [0.4, 0.5) is 20.3 Å². The zero-order valence-corrected chi connectivity index (χ0v) is 21.4. The van der Waals surface area contributed by atoms with Crippen molar-refractivity contribution in [3.63, 3.8) is 0 Å². The molecule has 3 aromatic heterocycles. The maximum Gasteiger partial charge on any atom is 0.296 e. The largest absolute Gasteiger partial charge is 0.493 e. The van der Waals surface area contributed by atoms with E-state index < -0.39 is 18.6 Å². The summed E-state index contributed by atoms with van der Waals surface area (Å²) in [5.74, 6) is -2.08. The average Bonchev–Trinajstić information content (AvgIpc) is 3.39. The van der Waals surface area contributed by atoms with E-state index in [1.54, 1.807) is 23.0 Å². The zero-order valence-electron chi connectivity index (χ0n) is 21.4. The van der Waals surface area contributed by atoms with Crippen molar-refractivity contribution >= 4 is 28.1 Å². The number of rotatable bonds is 7. The lowest BCUT2D eigenvalue weighted by Crippen LogP contribution is -2.52.